The summed E-state index contributed by atoms with van der Waals surface area (Å²) in [6.45, 7) is 3.05. The average molecular weight is 413 g/mol. The molecule has 7 nitrogen and oxygen atoms in total. The van der Waals surface area contributed by atoms with Crippen LogP contribution < -0.4 is 5.32 Å². The van der Waals surface area contributed by atoms with E-state index in [-0.39, 0.29) is 17.3 Å². The van der Waals surface area contributed by atoms with E-state index < -0.39 is 10.0 Å². The van der Waals surface area contributed by atoms with Gasteiger partial charge in [-0.3, -0.25) is 4.79 Å². The second kappa shape index (κ2) is 7.96. The molecule has 1 aliphatic rings. The van der Waals surface area contributed by atoms with E-state index >= 15 is 0 Å². The summed E-state index contributed by atoms with van der Waals surface area (Å²) in [7, 11) is -3.60. The van der Waals surface area contributed by atoms with Crippen LogP contribution >= 0.6 is 0 Å². The zero-order valence-corrected chi connectivity index (χ0v) is 17.1. The van der Waals surface area contributed by atoms with Crippen LogP contribution in [0.4, 0.5) is 0 Å². The maximum atomic E-state index is 13.0. The Morgan fingerprint density at radius 2 is 1.90 bits per heavy atom. The van der Waals surface area contributed by atoms with Crippen molar-refractivity contribution in [1.82, 2.24) is 19.6 Å². The van der Waals surface area contributed by atoms with Gasteiger partial charge in [-0.05, 0) is 49.6 Å². The lowest BCUT2D eigenvalue weighted by atomic mass is 10.1. The second-order valence-electron chi connectivity index (χ2n) is 7.33. The second-order valence-corrected chi connectivity index (χ2v) is 9.23. The van der Waals surface area contributed by atoms with Gasteiger partial charge in [-0.1, -0.05) is 24.6 Å². The Morgan fingerprint density at radius 3 is 2.66 bits per heavy atom. The fourth-order valence-electron chi connectivity index (χ4n) is 3.62. The SMILES string of the molecule is Cc1ccc(C(=O)NCc2nc3ccccc3[nH]2)cc1S(=O)(=O)N1CCCCC1. The normalized spacial score (nSPS) is 15.5. The van der Waals surface area contributed by atoms with E-state index in [9.17, 15) is 13.2 Å². The lowest BCUT2D eigenvalue weighted by Crippen LogP contribution is -2.36. The minimum Gasteiger partial charge on any atom is -0.345 e. The monoisotopic (exact) mass is 412 g/mol. The zero-order valence-electron chi connectivity index (χ0n) is 16.3. The molecule has 1 saturated heterocycles. The minimum atomic E-state index is -3.60. The molecular weight excluding hydrogens is 388 g/mol. The van der Waals surface area contributed by atoms with E-state index in [1.165, 1.54) is 10.4 Å². The number of sulfonamides is 1. The Morgan fingerprint density at radius 1 is 1.14 bits per heavy atom. The van der Waals surface area contributed by atoms with E-state index in [1.54, 1.807) is 19.1 Å². The number of aromatic nitrogens is 2. The number of piperidine rings is 1. The number of H-pyrrole nitrogens is 1. The number of amides is 1. The van der Waals surface area contributed by atoms with Crippen LogP contribution in [0.2, 0.25) is 0 Å². The average Bonchev–Trinajstić information content (AvgIpc) is 3.16. The molecule has 8 heteroatoms. The molecule has 0 unspecified atom stereocenters. The van der Waals surface area contributed by atoms with Crippen molar-refractivity contribution < 1.29 is 13.2 Å². The van der Waals surface area contributed by atoms with Crippen LogP contribution in [0.1, 0.15) is 41.0 Å². The first-order valence-electron chi connectivity index (χ1n) is 9.78. The highest BCUT2D eigenvalue weighted by Gasteiger charge is 2.28. The van der Waals surface area contributed by atoms with Gasteiger partial charge in [0.05, 0.1) is 22.5 Å². The number of para-hydroxylation sites is 2. The maximum Gasteiger partial charge on any atom is 0.251 e. The molecule has 0 bridgehead atoms. The van der Waals surface area contributed by atoms with Crippen LogP contribution in [0.3, 0.4) is 0 Å². The predicted molar refractivity (Wildman–Crippen MR) is 111 cm³/mol. The third kappa shape index (κ3) is 4.04. The lowest BCUT2D eigenvalue weighted by Gasteiger charge is -2.26. The van der Waals surface area contributed by atoms with Gasteiger partial charge in [-0.15, -0.1) is 0 Å². The van der Waals surface area contributed by atoms with Gasteiger partial charge in [0, 0.05) is 18.7 Å². The molecule has 1 fully saturated rings. The van der Waals surface area contributed by atoms with Crippen LogP contribution in [-0.4, -0.2) is 41.7 Å². The number of nitrogens with one attached hydrogen (secondary N) is 2. The summed E-state index contributed by atoms with van der Waals surface area (Å²) in [4.78, 5) is 20.4. The highest BCUT2D eigenvalue weighted by Crippen LogP contribution is 2.24. The fraction of sp³-hybridized carbons (Fsp3) is 0.333. The smallest absolute Gasteiger partial charge is 0.251 e. The summed E-state index contributed by atoms with van der Waals surface area (Å²) in [5, 5.41) is 2.81. The van der Waals surface area contributed by atoms with E-state index in [4.69, 9.17) is 0 Å². The van der Waals surface area contributed by atoms with Crippen molar-refractivity contribution in [3.63, 3.8) is 0 Å². The number of nitrogens with zero attached hydrogens (tertiary/aromatic N) is 2. The molecule has 0 spiro atoms. The molecule has 2 aromatic carbocycles. The number of carbonyl (C=O) groups excluding carboxylic acids is 1. The molecule has 0 saturated carbocycles. The molecule has 0 atom stereocenters. The van der Waals surface area contributed by atoms with Crippen molar-refractivity contribution in [1.29, 1.82) is 0 Å². The van der Waals surface area contributed by atoms with Crippen LogP contribution in [0.15, 0.2) is 47.4 Å². The van der Waals surface area contributed by atoms with Gasteiger partial charge in [0.15, 0.2) is 0 Å². The van der Waals surface area contributed by atoms with Crippen molar-refractivity contribution >= 4 is 27.0 Å². The summed E-state index contributed by atoms with van der Waals surface area (Å²) in [6, 6.07) is 12.5. The number of benzene rings is 2. The van der Waals surface area contributed by atoms with Gasteiger partial charge >= 0.3 is 0 Å². The zero-order chi connectivity index (χ0) is 20.4. The van der Waals surface area contributed by atoms with Crippen LogP contribution in [0, 0.1) is 6.92 Å². The molecule has 0 aliphatic carbocycles. The van der Waals surface area contributed by atoms with Crippen LogP contribution in [-0.2, 0) is 16.6 Å². The summed E-state index contributed by atoms with van der Waals surface area (Å²) in [5.74, 6) is 0.313. The Hall–Kier alpha value is -2.71. The molecule has 4 rings (SSSR count). The van der Waals surface area contributed by atoms with Gasteiger partial charge in [-0.2, -0.15) is 4.31 Å². The summed E-state index contributed by atoms with van der Waals surface area (Å²) >= 11 is 0. The van der Waals surface area contributed by atoms with Crippen LogP contribution in [0.5, 0.6) is 0 Å². The Labute approximate surface area is 170 Å². The Kier molecular flexibility index (Phi) is 5.38. The molecule has 1 amide bonds. The summed E-state index contributed by atoms with van der Waals surface area (Å²) in [6.07, 6.45) is 2.79. The third-order valence-corrected chi connectivity index (χ3v) is 7.28. The number of hydrogen-bond acceptors (Lipinski definition) is 4. The largest absolute Gasteiger partial charge is 0.345 e. The third-order valence-electron chi connectivity index (χ3n) is 5.24. The fourth-order valence-corrected chi connectivity index (χ4v) is 5.39. The number of fused-ring (bicyclic) bond motifs is 1. The van der Waals surface area contributed by atoms with Crippen molar-refractivity contribution in [3.05, 3.63) is 59.4 Å². The molecule has 3 aromatic rings. The first kappa shape index (κ1) is 19.6. The number of imidazole rings is 1. The summed E-state index contributed by atoms with van der Waals surface area (Å²) < 4.78 is 27.6. The van der Waals surface area contributed by atoms with Crippen molar-refractivity contribution in [3.8, 4) is 0 Å². The number of hydrogen-bond donors (Lipinski definition) is 2. The van der Waals surface area contributed by atoms with Gasteiger partial charge in [0.1, 0.15) is 5.82 Å². The predicted octanol–water partition coefficient (Wildman–Crippen LogP) is 2.98. The molecule has 0 radical (unpaired) electrons. The van der Waals surface area contributed by atoms with E-state index in [0.717, 1.165) is 30.3 Å². The van der Waals surface area contributed by atoms with E-state index in [0.29, 0.717) is 30.0 Å². The standard InChI is InChI=1S/C21H24N4O3S/c1-15-9-10-16(13-19(15)29(27,28)25-11-5-2-6-12-25)21(26)22-14-20-23-17-7-3-4-8-18(17)24-20/h3-4,7-10,13H,2,5-6,11-12,14H2,1H3,(H,22,26)(H,23,24). The van der Waals surface area contributed by atoms with Crippen molar-refractivity contribution in [2.24, 2.45) is 0 Å². The topological polar surface area (TPSA) is 95.2 Å². The van der Waals surface area contributed by atoms with E-state index in [1.807, 2.05) is 24.3 Å². The number of aryl methyl sites for hydroxylation is 1. The molecule has 2 N–H and O–H groups in total. The van der Waals surface area contributed by atoms with Crippen molar-refractivity contribution in [2.75, 3.05) is 13.1 Å². The van der Waals surface area contributed by atoms with Gasteiger partial charge in [-0.25, -0.2) is 13.4 Å². The Balaban J connectivity index is 1.52. The van der Waals surface area contributed by atoms with E-state index in [2.05, 4.69) is 15.3 Å². The molecule has 1 aliphatic heterocycles. The highest BCUT2D eigenvalue weighted by molar-refractivity contribution is 7.89. The summed E-state index contributed by atoms with van der Waals surface area (Å²) in [5.41, 5.74) is 2.70. The van der Waals surface area contributed by atoms with Crippen molar-refractivity contribution in [2.45, 2.75) is 37.6 Å². The van der Waals surface area contributed by atoms with Gasteiger partial charge < -0.3 is 10.3 Å². The number of rotatable bonds is 5. The highest BCUT2D eigenvalue weighted by atomic mass is 32.2. The first-order valence-corrected chi connectivity index (χ1v) is 11.2. The van der Waals surface area contributed by atoms with Gasteiger partial charge in [0.2, 0.25) is 10.0 Å². The number of carbonyl (C=O) groups is 1. The quantitative estimate of drug-likeness (QED) is 0.673. The molecule has 152 valence electrons. The van der Waals surface area contributed by atoms with Gasteiger partial charge in [0.25, 0.3) is 5.91 Å². The molecule has 2 heterocycles. The molecule has 29 heavy (non-hydrogen) atoms. The van der Waals surface area contributed by atoms with Crippen LogP contribution in [0.25, 0.3) is 11.0 Å². The molecule has 1 aromatic heterocycles. The maximum absolute atomic E-state index is 13.0. The minimum absolute atomic E-state index is 0.204. The number of aromatic amines is 1. The first-order chi connectivity index (χ1) is 13.9. The molecular formula is C21H24N4O3S. The Bertz CT molecular complexity index is 1110. The lowest BCUT2D eigenvalue weighted by molar-refractivity contribution is 0.0949.